The Hall–Kier alpha value is -1.64. The van der Waals surface area contributed by atoms with Crippen LogP contribution in [0.3, 0.4) is 0 Å². The van der Waals surface area contributed by atoms with Crippen LogP contribution in [0.4, 0.5) is 5.69 Å². The van der Waals surface area contributed by atoms with Gasteiger partial charge in [0.1, 0.15) is 5.78 Å². The lowest BCUT2D eigenvalue weighted by molar-refractivity contribution is -0.120. The van der Waals surface area contributed by atoms with Crippen molar-refractivity contribution in [2.24, 2.45) is 5.92 Å². The van der Waals surface area contributed by atoms with Crippen molar-refractivity contribution < 1.29 is 9.59 Å². The van der Waals surface area contributed by atoms with Crippen molar-refractivity contribution >= 4 is 17.4 Å². The minimum absolute atomic E-state index is 0.0478. The number of ketones is 1. The summed E-state index contributed by atoms with van der Waals surface area (Å²) in [6, 6.07) is 7.57. The Morgan fingerprint density at radius 2 is 1.75 bits per heavy atom. The van der Waals surface area contributed by atoms with Crippen LogP contribution < -0.4 is 5.32 Å². The largest absolute Gasteiger partial charge is 0.326 e. The Labute approximate surface area is 95.9 Å². The molecule has 86 valence electrons. The van der Waals surface area contributed by atoms with Crippen molar-refractivity contribution in [2.45, 2.75) is 27.2 Å². The number of nitrogens with one attached hydrogen (secondary N) is 1. The summed E-state index contributed by atoms with van der Waals surface area (Å²) in [6.45, 7) is 5.01. The molecule has 1 aromatic rings. The number of carbonyl (C=O) groups is 2. The fourth-order valence-electron chi connectivity index (χ4n) is 1.42. The van der Waals surface area contributed by atoms with Crippen LogP contribution in [0.1, 0.15) is 26.3 Å². The van der Waals surface area contributed by atoms with E-state index in [1.54, 1.807) is 6.92 Å². The molecule has 16 heavy (non-hydrogen) atoms. The predicted octanol–water partition coefficient (Wildman–Crippen LogP) is 2.41. The standard InChI is InChI=1S/C13H17NO2/c1-9(10(2)15)8-12-4-6-13(7-5-12)14-11(3)16/h4-7,9H,8H2,1-3H3,(H,14,16). The van der Waals surface area contributed by atoms with E-state index >= 15 is 0 Å². The first kappa shape index (κ1) is 12.4. The van der Waals surface area contributed by atoms with Gasteiger partial charge in [0.15, 0.2) is 0 Å². The zero-order valence-electron chi connectivity index (χ0n) is 9.91. The SMILES string of the molecule is CC(=O)Nc1ccc(CC(C)C(C)=O)cc1. The van der Waals surface area contributed by atoms with E-state index in [1.807, 2.05) is 31.2 Å². The summed E-state index contributed by atoms with van der Waals surface area (Å²) in [7, 11) is 0. The maximum Gasteiger partial charge on any atom is 0.221 e. The Morgan fingerprint density at radius 3 is 2.19 bits per heavy atom. The average Bonchev–Trinajstić information content (AvgIpc) is 2.20. The number of hydrogen-bond acceptors (Lipinski definition) is 2. The van der Waals surface area contributed by atoms with Gasteiger partial charge in [-0.2, -0.15) is 0 Å². The molecular weight excluding hydrogens is 202 g/mol. The first-order chi connectivity index (χ1) is 7.49. The molecule has 0 saturated carbocycles. The first-order valence-electron chi connectivity index (χ1n) is 5.36. The molecule has 0 fully saturated rings. The summed E-state index contributed by atoms with van der Waals surface area (Å²) >= 11 is 0. The number of benzene rings is 1. The lowest BCUT2D eigenvalue weighted by atomic mass is 9.98. The normalized spacial score (nSPS) is 11.9. The highest BCUT2D eigenvalue weighted by atomic mass is 16.1. The van der Waals surface area contributed by atoms with Gasteiger partial charge in [0.2, 0.25) is 5.91 Å². The van der Waals surface area contributed by atoms with E-state index in [2.05, 4.69) is 5.32 Å². The van der Waals surface area contributed by atoms with Gasteiger partial charge in [-0.25, -0.2) is 0 Å². The Balaban J connectivity index is 2.64. The van der Waals surface area contributed by atoms with Crippen LogP contribution in [0.5, 0.6) is 0 Å². The lowest BCUT2D eigenvalue weighted by Gasteiger charge is -2.08. The van der Waals surface area contributed by atoms with Crippen molar-refractivity contribution in [1.82, 2.24) is 0 Å². The number of amides is 1. The third-order valence-electron chi connectivity index (χ3n) is 2.51. The van der Waals surface area contributed by atoms with Gasteiger partial charge in [-0.05, 0) is 31.0 Å². The van der Waals surface area contributed by atoms with Crippen LogP contribution in [-0.4, -0.2) is 11.7 Å². The van der Waals surface area contributed by atoms with Gasteiger partial charge >= 0.3 is 0 Å². The van der Waals surface area contributed by atoms with Crippen LogP contribution >= 0.6 is 0 Å². The van der Waals surface area contributed by atoms with E-state index in [0.29, 0.717) is 0 Å². The quantitative estimate of drug-likeness (QED) is 0.845. The molecule has 0 aromatic heterocycles. The smallest absolute Gasteiger partial charge is 0.221 e. The summed E-state index contributed by atoms with van der Waals surface area (Å²) < 4.78 is 0. The number of hydrogen-bond donors (Lipinski definition) is 1. The van der Waals surface area contributed by atoms with Crippen LogP contribution in [-0.2, 0) is 16.0 Å². The van der Waals surface area contributed by atoms with E-state index < -0.39 is 0 Å². The van der Waals surface area contributed by atoms with E-state index in [0.717, 1.165) is 17.7 Å². The van der Waals surface area contributed by atoms with E-state index in [-0.39, 0.29) is 17.6 Å². The van der Waals surface area contributed by atoms with Crippen molar-refractivity contribution in [3.63, 3.8) is 0 Å². The van der Waals surface area contributed by atoms with E-state index in [4.69, 9.17) is 0 Å². The molecule has 0 aliphatic carbocycles. The predicted molar refractivity (Wildman–Crippen MR) is 64.3 cm³/mol. The molecule has 3 nitrogen and oxygen atoms in total. The molecule has 0 aliphatic rings. The first-order valence-corrected chi connectivity index (χ1v) is 5.36. The summed E-state index contributed by atoms with van der Waals surface area (Å²) in [5, 5.41) is 2.70. The zero-order chi connectivity index (χ0) is 12.1. The highest BCUT2D eigenvalue weighted by Gasteiger charge is 2.08. The molecule has 0 aliphatic heterocycles. The minimum atomic E-state index is -0.0788. The molecule has 1 aromatic carbocycles. The topological polar surface area (TPSA) is 46.2 Å². The average molecular weight is 219 g/mol. The van der Waals surface area contributed by atoms with Gasteiger partial charge < -0.3 is 5.32 Å². The molecule has 1 atom stereocenters. The number of Topliss-reactive ketones (excluding diaryl/α,β-unsaturated/α-hetero) is 1. The van der Waals surface area contributed by atoms with Gasteiger partial charge in [-0.15, -0.1) is 0 Å². The van der Waals surface area contributed by atoms with Gasteiger partial charge in [-0.3, -0.25) is 9.59 Å². The third kappa shape index (κ3) is 3.85. The molecule has 0 spiro atoms. The van der Waals surface area contributed by atoms with Crippen molar-refractivity contribution in [3.8, 4) is 0 Å². The van der Waals surface area contributed by atoms with Crippen molar-refractivity contribution in [2.75, 3.05) is 5.32 Å². The third-order valence-corrected chi connectivity index (χ3v) is 2.51. The number of carbonyl (C=O) groups excluding carboxylic acids is 2. The minimum Gasteiger partial charge on any atom is -0.326 e. The van der Waals surface area contributed by atoms with Gasteiger partial charge in [0.05, 0.1) is 0 Å². The molecule has 1 N–H and O–H groups in total. The monoisotopic (exact) mass is 219 g/mol. The molecule has 0 heterocycles. The summed E-state index contributed by atoms with van der Waals surface area (Å²) in [5.74, 6) is 0.169. The molecule has 0 radical (unpaired) electrons. The molecule has 1 amide bonds. The summed E-state index contributed by atoms with van der Waals surface area (Å²) in [4.78, 5) is 21.9. The highest BCUT2D eigenvalue weighted by Crippen LogP contribution is 2.13. The summed E-state index contributed by atoms with van der Waals surface area (Å²) in [6.07, 6.45) is 0.746. The Bertz CT molecular complexity index is 381. The fourth-order valence-corrected chi connectivity index (χ4v) is 1.42. The maximum absolute atomic E-state index is 11.1. The lowest BCUT2D eigenvalue weighted by Crippen LogP contribution is -2.09. The molecule has 1 rings (SSSR count). The second-order valence-electron chi connectivity index (χ2n) is 4.09. The Kier molecular flexibility index (Phi) is 4.23. The summed E-state index contributed by atoms with van der Waals surface area (Å²) in [5.41, 5.74) is 1.89. The fraction of sp³-hybridized carbons (Fsp3) is 0.385. The van der Waals surface area contributed by atoms with Gasteiger partial charge in [-0.1, -0.05) is 19.1 Å². The number of anilines is 1. The second-order valence-corrected chi connectivity index (χ2v) is 4.09. The van der Waals surface area contributed by atoms with Crippen molar-refractivity contribution in [3.05, 3.63) is 29.8 Å². The van der Waals surface area contributed by atoms with Crippen LogP contribution in [0, 0.1) is 5.92 Å². The Morgan fingerprint density at radius 1 is 1.19 bits per heavy atom. The van der Waals surface area contributed by atoms with Crippen LogP contribution in [0.15, 0.2) is 24.3 Å². The van der Waals surface area contributed by atoms with Crippen LogP contribution in [0.25, 0.3) is 0 Å². The van der Waals surface area contributed by atoms with E-state index in [1.165, 1.54) is 6.92 Å². The highest BCUT2D eigenvalue weighted by molar-refractivity contribution is 5.88. The van der Waals surface area contributed by atoms with Gasteiger partial charge in [0, 0.05) is 18.5 Å². The second kappa shape index (κ2) is 5.45. The molecular formula is C13H17NO2. The molecule has 3 heteroatoms. The van der Waals surface area contributed by atoms with Crippen LogP contribution in [0.2, 0.25) is 0 Å². The van der Waals surface area contributed by atoms with Gasteiger partial charge in [0.25, 0.3) is 0 Å². The number of rotatable bonds is 4. The van der Waals surface area contributed by atoms with E-state index in [9.17, 15) is 9.59 Å². The van der Waals surface area contributed by atoms with Crippen molar-refractivity contribution in [1.29, 1.82) is 0 Å². The molecule has 1 unspecified atom stereocenters. The molecule has 0 bridgehead atoms. The molecule has 0 saturated heterocycles. The maximum atomic E-state index is 11.1. The zero-order valence-corrected chi connectivity index (χ0v) is 9.91.